The second-order valence-electron chi connectivity index (χ2n) is 11.9. The van der Waals surface area contributed by atoms with Crippen LogP contribution in [-0.4, -0.2) is 68.5 Å². The van der Waals surface area contributed by atoms with Gasteiger partial charge in [0.15, 0.2) is 9.84 Å². The van der Waals surface area contributed by atoms with Crippen LogP contribution in [0.2, 0.25) is 0 Å². The Morgan fingerprint density at radius 3 is 2.33 bits per heavy atom. The Morgan fingerprint density at radius 1 is 1.19 bits per heavy atom. The molecule has 1 spiro atoms. The summed E-state index contributed by atoms with van der Waals surface area (Å²) in [4.78, 5) is 41.3. The highest BCUT2D eigenvalue weighted by atomic mass is 32.2. The molecule has 2 heterocycles. The minimum atomic E-state index is -3.88. The van der Waals surface area contributed by atoms with Crippen LogP contribution in [-0.2, 0) is 30.0 Å². The van der Waals surface area contributed by atoms with Crippen molar-refractivity contribution >= 4 is 27.6 Å². The molecule has 3 fully saturated rings. The van der Waals surface area contributed by atoms with E-state index >= 15 is 0 Å². The van der Waals surface area contributed by atoms with Crippen molar-refractivity contribution in [3.05, 3.63) is 35.9 Å². The molecule has 0 aromatic heterocycles. The summed E-state index contributed by atoms with van der Waals surface area (Å²) < 4.78 is 26.2. The van der Waals surface area contributed by atoms with Crippen LogP contribution < -0.4 is 16.4 Å². The Morgan fingerprint density at radius 2 is 1.81 bits per heavy atom. The Bertz CT molecular complexity index is 1170. The number of likely N-dealkylation sites (tertiary alicyclic amines) is 1. The van der Waals surface area contributed by atoms with Gasteiger partial charge in [-0.05, 0) is 31.2 Å². The van der Waals surface area contributed by atoms with Crippen LogP contribution in [0.3, 0.4) is 0 Å². The van der Waals surface area contributed by atoms with E-state index in [1.165, 1.54) is 7.05 Å². The van der Waals surface area contributed by atoms with Crippen molar-refractivity contribution in [1.29, 1.82) is 0 Å². The van der Waals surface area contributed by atoms with Crippen molar-refractivity contribution in [2.45, 2.75) is 50.7 Å². The number of carbonyl (C=O) groups excluding carboxylic acids is 3. The maximum Gasteiger partial charge on any atom is 0.226 e. The molecule has 3 aliphatic rings. The lowest BCUT2D eigenvalue weighted by Gasteiger charge is -2.61. The van der Waals surface area contributed by atoms with E-state index in [2.05, 4.69) is 10.6 Å². The second-order valence-corrected chi connectivity index (χ2v) is 14.5. The molecule has 4 rings (SSSR count). The number of carbonyl (C=O) groups is 3. The van der Waals surface area contributed by atoms with E-state index in [0.717, 1.165) is 6.42 Å². The van der Waals surface area contributed by atoms with Gasteiger partial charge in [0.05, 0.1) is 28.4 Å². The first kappa shape index (κ1) is 26.6. The van der Waals surface area contributed by atoms with Crippen LogP contribution in [0.4, 0.5) is 0 Å². The molecule has 5 atom stereocenters. The molecule has 4 N–H and O–H groups in total. The van der Waals surface area contributed by atoms with Crippen molar-refractivity contribution in [3.63, 3.8) is 0 Å². The molecule has 10 heteroatoms. The summed E-state index contributed by atoms with van der Waals surface area (Å²) in [5, 5.41) is 5.87. The number of sulfone groups is 1. The summed E-state index contributed by atoms with van der Waals surface area (Å²) in [6, 6.07) is 8.05. The lowest BCUT2D eigenvalue weighted by molar-refractivity contribution is -0.175. The average Bonchev–Trinajstić information content (AvgIpc) is 3.21. The van der Waals surface area contributed by atoms with Gasteiger partial charge in [0.25, 0.3) is 0 Å². The highest BCUT2D eigenvalue weighted by molar-refractivity contribution is 7.92. The van der Waals surface area contributed by atoms with Crippen molar-refractivity contribution in [3.8, 4) is 0 Å². The van der Waals surface area contributed by atoms with E-state index in [9.17, 15) is 22.8 Å². The number of primary amides is 1. The van der Waals surface area contributed by atoms with E-state index in [-0.39, 0.29) is 29.5 Å². The first-order valence-electron chi connectivity index (χ1n) is 12.5. The largest absolute Gasteiger partial charge is 0.369 e. The number of nitrogens with two attached hydrogens (primary N) is 1. The summed E-state index contributed by atoms with van der Waals surface area (Å²) in [7, 11) is -2.42. The van der Waals surface area contributed by atoms with Crippen LogP contribution in [0, 0.1) is 28.6 Å². The van der Waals surface area contributed by atoms with Crippen molar-refractivity contribution in [2.24, 2.45) is 34.3 Å². The van der Waals surface area contributed by atoms with Crippen molar-refractivity contribution < 1.29 is 22.8 Å². The Balaban J connectivity index is 1.79. The number of benzene rings is 1. The van der Waals surface area contributed by atoms with E-state index in [0.29, 0.717) is 18.7 Å². The van der Waals surface area contributed by atoms with Gasteiger partial charge in [-0.15, -0.1) is 0 Å². The summed E-state index contributed by atoms with van der Waals surface area (Å²) >= 11 is 0. The quantitative estimate of drug-likeness (QED) is 0.463. The number of nitrogens with zero attached hydrogens (tertiary/aromatic N) is 1. The highest BCUT2D eigenvalue weighted by Gasteiger charge is 2.70. The number of nitrogens with one attached hydrogen (secondary N) is 2. The van der Waals surface area contributed by atoms with Gasteiger partial charge in [0.1, 0.15) is 0 Å². The SMILES string of the molecule is CNC(=O)[C@@H](C1N(C(=O)[C@H]2CC2(C)C)CC12CNCC2C(N)=O)C(C)(C)S(=O)(=O)Cc1ccccc1. The number of rotatable bonds is 8. The third kappa shape index (κ3) is 4.12. The third-order valence-corrected chi connectivity index (χ3v) is 11.5. The molecule has 3 unspecified atom stereocenters. The summed E-state index contributed by atoms with van der Waals surface area (Å²) in [5.74, 6) is -3.21. The molecule has 0 bridgehead atoms. The second kappa shape index (κ2) is 8.83. The maximum absolute atomic E-state index is 13.9. The zero-order valence-corrected chi connectivity index (χ0v) is 22.5. The molecule has 36 heavy (non-hydrogen) atoms. The van der Waals surface area contributed by atoms with Gasteiger partial charge < -0.3 is 21.3 Å². The van der Waals surface area contributed by atoms with Gasteiger partial charge >= 0.3 is 0 Å². The van der Waals surface area contributed by atoms with E-state index in [4.69, 9.17) is 5.73 Å². The number of hydrogen-bond acceptors (Lipinski definition) is 6. The molecular weight excluding hydrogens is 480 g/mol. The summed E-state index contributed by atoms with van der Waals surface area (Å²) in [6.07, 6.45) is 0.736. The molecule has 1 aliphatic carbocycles. The molecule has 3 amide bonds. The Hall–Kier alpha value is -2.46. The van der Waals surface area contributed by atoms with Gasteiger partial charge in [-0.1, -0.05) is 44.2 Å². The van der Waals surface area contributed by atoms with E-state index in [1.807, 2.05) is 19.9 Å². The van der Waals surface area contributed by atoms with Crippen LogP contribution in [0.5, 0.6) is 0 Å². The fourth-order valence-corrected chi connectivity index (χ4v) is 7.95. The number of hydrogen-bond donors (Lipinski definition) is 3. The standard InChI is InChI=1S/C26H38N4O5S/c1-24(2)11-17(24)23(33)30-15-26(14-29-12-18(26)21(27)31)20(30)19(22(32)28-5)25(3,4)36(34,35)13-16-9-7-6-8-10-16/h6-10,17-20,29H,11-15H2,1-5H3,(H2,27,31)(H,28,32)/t17-,18?,19-,20?,26?/m1/s1. The first-order chi connectivity index (χ1) is 16.7. The molecule has 9 nitrogen and oxygen atoms in total. The minimum absolute atomic E-state index is 0.0871. The van der Waals surface area contributed by atoms with Gasteiger partial charge in [-0.3, -0.25) is 14.4 Å². The first-order valence-corrected chi connectivity index (χ1v) is 14.1. The van der Waals surface area contributed by atoms with Crippen LogP contribution in [0.15, 0.2) is 30.3 Å². The Labute approximate surface area is 213 Å². The summed E-state index contributed by atoms with van der Waals surface area (Å²) in [6.45, 7) is 8.14. The molecule has 0 radical (unpaired) electrons. The zero-order chi connectivity index (χ0) is 26.7. The van der Waals surface area contributed by atoms with Crippen molar-refractivity contribution in [1.82, 2.24) is 15.5 Å². The molecule has 198 valence electrons. The smallest absolute Gasteiger partial charge is 0.226 e. The van der Waals surface area contributed by atoms with E-state index < -0.39 is 49.7 Å². The van der Waals surface area contributed by atoms with E-state index in [1.54, 1.807) is 43.0 Å². The lowest BCUT2D eigenvalue weighted by atomic mass is 9.58. The predicted molar refractivity (Wildman–Crippen MR) is 136 cm³/mol. The molecule has 1 saturated carbocycles. The number of amides is 3. The lowest BCUT2D eigenvalue weighted by Crippen LogP contribution is -2.77. The molecule has 1 aromatic rings. The fraction of sp³-hybridized carbons (Fsp3) is 0.654. The monoisotopic (exact) mass is 518 g/mol. The van der Waals surface area contributed by atoms with Gasteiger partial charge in [0.2, 0.25) is 17.7 Å². The molecular formula is C26H38N4O5S. The third-order valence-electron chi connectivity index (χ3n) is 8.92. The topological polar surface area (TPSA) is 139 Å². The van der Waals surface area contributed by atoms with Gasteiger partial charge in [0, 0.05) is 38.0 Å². The van der Waals surface area contributed by atoms with Gasteiger partial charge in [-0.2, -0.15) is 0 Å². The normalized spacial score (nSPS) is 29.9. The van der Waals surface area contributed by atoms with Gasteiger partial charge in [-0.25, -0.2) is 8.42 Å². The molecule has 2 aliphatic heterocycles. The predicted octanol–water partition coefficient (Wildman–Crippen LogP) is 0.690. The minimum Gasteiger partial charge on any atom is -0.369 e. The van der Waals surface area contributed by atoms with Crippen molar-refractivity contribution in [2.75, 3.05) is 26.7 Å². The maximum atomic E-state index is 13.9. The average molecular weight is 519 g/mol. The van der Waals surface area contributed by atoms with Crippen LogP contribution in [0.25, 0.3) is 0 Å². The summed E-state index contributed by atoms with van der Waals surface area (Å²) in [5.41, 5.74) is 5.46. The van der Waals surface area contributed by atoms with Crippen LogP contribution >= 0.6 is 0 Å². The highest BCUT2D eigenvalue weighted by Crippen LogP contribution is 2.58. The Kier molecular flexibility index (Phi) is 6.53. The zero-order valence-electron chi connectivity index (χ0n) is 21.7. The van der Waals surface area contributed by atoms with Crippen LogP contribution in [0.1, 0.15) is 39.7 Å². The molecule has 2 saturated heterocycles. The molecule has 1 aromatic carbocycles. The fourth-order valence-electron chi connectivity index (χ4n) is 6.33.